The summed E-state index contributed by atoms with van der Waals surface area (Å²) in [7, 11) is 1.88. The third-order valence-corrected chi connectivity index (χ3v) is 4.36. The second kappa shape index (κ2) is 6.52. The Morgan fingerprint density at radius 1 is 1.25 bits per heavy atom. The Hall–Kier alpha value is -3.18. The van der Waals surface area contributed by atoms with Gasteiger partial charge >= 0.3 is 5.69 Å². The minimum atomic E-state index is -0.617. The fourth-order valence-corrected chi connectivity index (χ4v) is 2.98. The predicted octanol–water partition coefficient (Wildman–Crippen LogP) is 3.41. The van der Waals surface area contributed by atoms with Crippen LogP contribution in [-0.2, 0) is 7.05 Å². The molecular weight excluding hydrogens is 326 g/mol. The van der Waals surface area contributed by atoms with Gasteiger partial charge in [-0.3, -0.25) is 10.1 Å². The maximum atomic E-state index is 10.9. The van der Waals surface area contributed by atoms with Gasteiger partial charge in [-0.25, -0.2) is 9.97 Å². The van der Waals surface area contributed by atoms with Gasteiger partial charge in [0.15, 0.2) is 5.16 Å². The number of nitrogens with zero attached hydrogens (tertiary/aromatic N) is 5. The van der Waals surface area contributed by atoms with E-state index in [-0.39, 0.29) is 11.4 Å². The number of nitriles is 1. The molecule has 0 unspecified atom stereocenters. The maximum Gasteiger partial charge on any atom is 0.305 e. The Bertz CT molecular complexity index is 947. The lowest BCUT2D eigenvalue weighted by atomic mass is 10.2. The average Bonchev–Trinajstić information content (AvgIpc) is 2.96. The number of hydrogen-bond acceptors (Lipinski definition) is 6. The summed E-state index contributed by atoms with van der Waals surface area (Å²) in [6, 6.07) is 14.4. The van der Waals surface area contributed by atoms with Gasteiger partial charge < -0.3 is 4.57 Å². The highest BCUT2D eigenvalue weighted by atomic mass is 32.2. The van der Waals surface area contributed by atoms with Gasteiger partial charge in [-0.15, -0.1) is 0 Å². The van der Waals surface area contributed by atoms with Crippen LogP contribution in [0.4, 0.5) is 5.69 Å². The standard InChI is InChI=1S/C16H11N5O2S/c1-20-14(11-5-3-2-4-6-11)10-18-16(20)24-15-8-7-13(21(22)23)12(9-17)19-15/h2-8,10H,1H3. The molecule has 0 saturated carbocycles. The van der Waals surface area contributed by atoms with Gasteiger partial charge in [-0.2, -0.15) is 5.26 Å². The molecule has 3 aromatic rings. The fourth-order valence-electron chi connectivity index (χ4n) is 2.18. The zero-order valence-corrected chi connectivity index (χ0v) is 13.4. The van der Waals surface area contributed by atoms with Crippen LogP contribution in [0.25, 0.3) is 11.3 Å². The topological polar surface area (TPSA) is 97.6 Å². The van der Waals surface area contributed by atoms with Gasteiger partial charge in [-0.05, 0) is 23.4 Å². The maximum absolute atomic E-state index is 10.9. The molecule has 0 fully saturated rings. The van der Waals surface area contributed by atoms with Crippen molar-refractivity contribution in [2.24, 2.45) is 7.05 Å². The highest BCUT2D eigenvalue weighted by Gasteiger charge is 2.17. The third kappa shape index (κ3) is 2.98. The monoisotopic (exact) mass is 337 g/mol. The van der Waals surface area contributed by atoms with E-state index in [2.05, 4.69) is 9.97 Å². The van der Waals surface area contributed by atoms with Crippen LogP contribution in [0.15, 0.2) is 58.8 Å². The van der Waals surface area contributed by atoms with Crippen molar-refractivity contribution < 1.29 is 4.92 Å². The van der Waals surface area contributed by atoms with Crippen molar-refractivity contribution in [3.63, 3.8) is 0 Å². The summed E-state index contributed by atoms with van der Waals surface area (Å²) in [5.41, 5.74) is 1.48. The van der Waals surface area contributed by atoms with Crippen molar-refractivity contribution in [1.82, 2.24) is 14.5 Å². The smallest absolute Gasteiger partial charge is 0.305 e. The van der Waals surface area contributed by atoms with Crippen LogP contribution in [0.1, 0.15) is 5.69 Å². The molecule has 0 N–H and O–H groups in total. The summed E-state index contributed by atoms with van der Waals surface area (Å²) >= 11 is 1.25. The van der Waals surface area contributed by atoms with E-state index in [0.29, 0.717) is 10.2 Å². The number of nitro groups is 1. The quantitative estimate of drug-likeness (QED) is 0.534. The summed E-state index contributed by atoms with van der Waals surface area (Å²) in [5, 5.41) is 21.0. The van der Waals surface area contributed by atoms with Crippen LogP contribution in [0.3, 0.4) is 0 Å². The molecule has 0 amide bonds. The Labute approximate surface area is 141 Å². The summed E-state index contributed by atoms with van der Waals surface area (Å²) in [5.74, 6) is 0. The highest BCUT2D eigenvalue weighted by Crippen LogP contribution is 2.30. The van der Waals surface area contributed by atoms with Crippen LogP contribution in [0, 0.1) is 21.4 Å². The Morgan fingerprint density at radius 3 is 2.67 bits per heavy atom. The molecule has 2 heterocycles. The number of rotatable bonds is 4. The van der Waals surface area contributed by atoms with Crippen LogP contribution in [0.2, 0.25) is 0 Å². The van der Waals surface area contributed by atoms with E-state index in [1.54, 1.807) is 12.3 Å². The van der Waals surface area contributed by atoms with Crippen LogP contribution >= 0.6 is 11.8 Å². The van der Waals surface area contributed by atoms with Crippen molar-refractivity contribution in [1.29, 1.82) is 5.26 Å². The van der Waals surface area contributed by atoms with Crippen molar-refractivity contribution in [2.45, 2.75) is 10.2 Å². The predicted molar refractivity (Wildman–Crippen MR) is 88.4 cm³/mol. The first kappa shape index (κ1) is 15.7. The minimum Gasteiger partial charge on any atom is -0.322 e. The van der Waals surface area contributed by atoms with Crippen LogP contribution in [0.5, 0.6) is 0 Å². The van der Waals surface area contributed by atoms with Gasteiger partial charge in [0.1, 0.15) is 11.1 Å². The average molecular weight is 337 g/mol. The van der Waals surface area contributed by atoms with Crippen LogP contribution in [-0.4, -0.2) is 19.5 Å². The van der Waals surface area contributed by atoms with Gasteiger partial charge in [0.05, 0.1) is 16.8 Å². The molecule has 7 nitrogen and oxygen atoms in total. The number of pyridine rings is 1. The van der Waals surface area contributed by atoms with E-state index in [1.807, 2.05) is 41.9 Å². The third-order valence-electron chi connectivity index (χ3n) is 3.36. The van der Waals surface area contributed by atoms with E-state index in [4.69, 9.17) is 5.26 Å². The van der Waals surface area contributed by atoms with E-state index in [9.17, 15) is 10.1 Å². The van der Waals surface area contributed by atoms with Crippen molar-refractivity contribution >= 4 is 17.4 Å². The Kier molecular flexibility index (Phi) is 4.26. The highest BCUT2D eigenvalue weighted by molar-refractivity contribution is 7.99. The second-order valence-electron chi connectivity index (χ2n) is 4.84. The van der Waals surface area contributed by atoms with Gasteiger partial charge in [-0.1, -0.05) is 30.3 Å². The molecule has 3 rings (SSSR count). The molecule has 0 aliphatic carbocycles. The molecule has 0 saturated heterocycles. The lowest BCUT2D eigenvalue weighted by molar-refractivity contribution is -0.385. The van der Waals surface area contributed by atoms with E-state index >= 15 is 0 Å². The van der Waals surface area contributed by atoms with Gasteiger partial charge in [0, 0.05) is 13.1 Å². The zero-order chi connectivity index (χ0) is 17.1. The van der Waals surface area contributed by atoms with E-state index in [1.165, 1.54) is 23.9 Å². The van der Waals surface area contributed by atoms with Gasteiger partial charge in [0.25, 0.3) is 0 Å². The molecule has 2 aromatic heterocycles. The molecule has 0 bridgehead atoms. The number of hydrogen-bond donors (Lipinski definition) is 0. The SMILES string of the molecule is Cn1c(-c2ccccc2)cnc1Sc1ccc([N+](=O)[O-])c(C#N)n1. The first-order valence-corrected chi connectivity index (χ1v) is 7.72. The molecule has 8 heteroatoms. The summed E-state index contributed by atoms with van der Waals surface area (Å²) in [6.07, 6.45) is 1.76. The molecule has 0 atom stereocenters. The Balaban J connectivity index is 1.92. The normalized spacial score (nSPS) is 10.3. The molecule has 24 heavy (non-hydrogen) atoms. The second-order valence-corrected chi connectivity index (χ2v) is 5.83. The summed E-state index contributed by atoms with van der Waals surface area (Å²) in [6.45, 7) is 0. The van der Waals surface area contributed by atoms with E-state index < -0.39 is 4.92 Å². The molecule has 0 aliphatic rings. The minimum absolute atomic E-state index is 0.206. The fraction of sp³-hybridized carbons (Fsp3) is 0.0625. The first-order chi connectivity index (χ1) is 11.6. The van der Waals surface area contributed by atoms with E-state index in [0.717, 1.165) is 11.3 Å². The molecule has 0 aliphatic heterocycles. The lowest BCUT2D eigenvalue weighted by Crippen LogP contribution is -1.97. The van der Waals surface area contributed by atoms with Gasteiger partial charge in [0.2, 0.25) is 5.69 Å². The first-order valence-electron chi connectivity index (χ1n) is 6.90. The van der Waals surface area contributed by atoms with Crippen LogP contribution < -0.4 is 0 Å². The zero-order valence-electron chi connectivity index (χ0n) is 12.6. The Morgan fingerprint density at radius 2 is 2.00 bits per heavy atom. The molecule has 118 valence electrons. The summed E-state index contributed by atoms with van der Waals surface area (Å²) in [4.78, 5) is 18.6. The molecular formula is C16H11N5O2S. The molecule has 1 aromatic carbocycles. The van der Waals surface area contributed by atoms with Crippen molar-refractivity contribution in [3.05, 3.63) is 64.5 Å². The lowest BCUT2D eigenvalue weighted by Gasteiger charge is -2.05. The summed E-state index contributed by atoms with van der Waals surface area (Å²) < 4.78 is 1.91. The largest absolute Gasteiger partial charge is 0.322 e. The number of imidazole rings is 1. The van der Waals surface area contributed by atoms with Crippen molar-refractivity contribution in [3.8, 4) is 17.3 Å². The molecule has 0 radical (unpaired) electrons. The number of aromatic nitrogens is 3. The number of benzene rings is 1. The molecule has 0 spiro atoms. The van der Waals surface area contributed by atoms with Crippen molar-refractivity contribution in [2.75, 3.05) is 0 Å².